The van der Waals surface area contributed by atoms with E-state index < -0.39 is 6.36 Å². The van der Waals surface area contributed by atoms with Crippen LogP contribution in [0.1, 0.15) is 19.2 Å². The maximum atomic E-state index is 12.4. The number of nitrogens with zero attached hydrogens (tertiary/aromatic N) is 2. The molecule has 2 rings (SSSR count). The van der Waals surface area contributed by atoms with Crippen LogP contribution >= 0.6 is 0 Å². The second kappa shape index (κ2) is 5.99. The molecule has 0 saturated heterocycles. The van der Waals surface area contributed by atoms with Crippen molar-refractivity contribution in [3.63, 3.8) is 0 Å². The van der Waals surface area contributed by atoms with E-state index in [0.29, 0.717) is 17.9 Å². The lowest BCUT2D eigenvalue weighted by molar-refractivity contribution is -0.274. The first kappa shape index (κ1) is 15.1. The lowest BCUT2D eigenvalue weighted by atomic mass is 10.1. The van der Waals surface area contributed by atoms with Gasteiger partial charge in [0, 0.05) is 18.1 Å². The monoisotopic (exact) mass is 297 g/mol. The van der Waals surface area contributed by atoms with Gasteiger partial charge in [0.1, 0.15) is 17.4 Å². The lowest BCUT2D eigenvalue weighted by Gasteiger charge is -2.13. The van der Waals surface area contributed by atoms with Crippen LogP contribution in [-0.4, -0.2) is 16.3 Å². The molecule has 1 heterocycles. The molecule has 1 aromatic carbocycles. The van der Waals surface area contributed by atoms with Crippen LogP contribution in [0.15, 0.2) is 30.3 Å². The van der Waals surface area contributed by atoms with Crippen LogP contribution in [0, 0.1) is 0 Å². The van der Waals surface area contributed by atoms with Crippen LogP contribution in [0.25, 0.3) is 11.3 Å². The van der Waals surface area contributed by atoms with Crippen LogP contribution in [0.4, 0.5) is 19.0 Å². The fourth-order valence-corrected chi connectivity index (χ4v) is 1.88. The molecule has 0 radical (unpaired) electrons. The first-order chi connectivity index (χ1) is 9.89. The molecule has 0 saturated carbocycles. The summed E-state index contributed by atoms with van der Waals surface area (Å²) in [5.74, 6) is 0.394. The van der Waals surface area contributed by atoms with Gasteiger partial charge < -0.3 is 10.5 Å². The van der Waals surface area contributed by atoms with Gasteiger partial charge in [-0.3, -0.25) is 0 Å². The van der Waals surface area contributed by atoms with Gasteiger partial charge in [-0.1, -0.05) is 19.1 Å². The molecule has 0 aliphatic carbocycles. The molecule has 1 aromatic heterocycles. The van der Waals surface area contributed by atoms with Crippen LogP contribution in [-0.2, 0) is 6.42 Å². The summed E-state index contributed by atoms with van der Waals surface area (Å²) >= 11 is 0. The zero-order chi connectivity index (χ0) is 15.5. The summed E-state index contributed by atoms with van der Waals surface area (Å²) in [7, 11) is 0. The van der Waals surface area contributed by atoms with Crippen LogP contribution in [0.3, 0.4) is 0 Å². The van der Waals surface area contributed by atoms with E-state index >= 15 is 0 Å². The zero-order valence-electron chi connectivity index (χ0n) is 11.3. The van der Waals surface area contributed by atoms with Gasteiger partial charge in [0.05, 0.1) is 5.69 Å². The molecule has 0 fully saturated rings. The minimum Gasteiger partial charge on any atom is -0.405 e. The fraction of sp³-hybridized carbons (Fsp3) is 0.286. The minimum absolute atomic E-state index is 0.213. The molecule has 4 nitrogen and oxygen atoms in total. The van der Waals surface area contributed by atoms with Gasteiger partial charge in [-0.25, -0.2) is 9.97 Å². The largest absolute Gasteiger partial charge is 0.573 e. The molecule has 0 aliphatic heterocycles. The summed E-state index contributed by atoms with van der Waals surface area (Å²) in [5, 5.41) is 0. The third-order valence-electron chi connectivity index (χ3n) is 2.65. The molecule has 21 heavy (non-hydrogen) atoms. The molecular weight excluding hydrogens is 283 g/mol. The van der Waals surface area contributed by atoms with E-state index in [2.05, 4.69) is 14.7 Å². The van der Waals surface area contributed by atoms with Crippen molar-refractivity contribution in [3.05, 3.63) is 36.2 Å². The highest BCUT2D eigenvalue weighted by molar-refractivity contribution is 5.68. The van der Waals surface area contributed by atoms with Gasteiger partial charge in [0.2, 0.25) is 0 Å². The number of hydrogen-bond donors (Lipinski definition) is 1. The van der Waals surface area contributed by atoms with Gasteiger partial charge in [0.15, 0.2) is 0 Å². The number of halogens is 3. The van der Waals surface area contributed by atoms with Gasteiger partial charge in [-0.05, 0) is 18.6 Å². The Balaban J connectivity index is 2.46. The van der Waals surface area contributed by atoms with Gasteiger partial charge in [0.25, 0.3) is 0 Å². The summed E-state index contributed by atoms with van der Waals surface area (Å²) in [6.45, 7) is 1.95. The van der Waals surface area contributed by atoms with Crippen molar-refractivity contribution in [3.8, 4) is 17.0 Å². The van der Waals surface area contributed by atoms with Crippen LogP contribution < -0.4 is 10.5 Å². The number of rotatable bonds is 4. The van der Waals surface area contributed by atoms with E-state index in [1.807, 2.05) is 6.92 Å². The summed E-state index contributed by atoms with van der Waals surface area (Å²) in [6, 6.07) is 7.23. The normalized spacial score (nSPS) is 11.4. The van der Waals surface area contributed by atoms with E-state index in [4.69, 9.17) is 5.73 Å². The van der Waals surface area contributed by atoms with Crippen molar-refractivity contribution in [2.45, 2.75) is 26.1 Å². The second-order valence-electron chi connectivity index (χ2n) is 4.39. The average Bonchev–Trinajstić information content (AvgIpc) is 2.37. The van der Waals surface area contributed by atoms with E-state index in [1.54, 1.807) is 6.07 Å². The third-order valence-corrected chi connectivity index (χ3v) is 2.65. The number of nitrogens with two attached hydrogens (primary N) is 1. The van der Waals surface area contributed by atoms with Crippen LogP contribution in [0.5, 0.6) is 5.75 Å². The maximum Gasteiger partial charge on any atom is 0.573 e. The van der Waals surface area contributed by atoms with Crippen LogP contribution in [0.2, 0.25) is 0 Å². The van der Waals surface area contributed by atoms with Crippen molar-refractivity contribution in [1.82, 2.24) is 9.97 Å². The smallest absolute Gasteiger partial charge is 0.405 e. The quantitative estimate of drug-likeness (QED) is 0.937. The highest BCUT2D eigenvalue weighted by Crippen LogP contribution is 2.33. The van der Waals surface area contributed by atoms with Crippen molar-refractivity contribution in [2.24, 2.45) is 0 Å². The molecule has 7 heteroatoms. The molecule has 0 amide bonds. The Morgan fingerprint density at radius 1 is 1.19 bits per heavy atom. The van der Waals surface area contributed by atoms with Crippen molar-refractivity contribution in [1.29, 1.82) is 0 Å². The van der Waals surface area contributed by atoms with Crippen molar-refractivity contribution < 1.29 is 17.9 Å². The first-order valence-corrected chi connectivity index (χ1v) is 6.37. The van der Waals surface area contributed by atoms with Gasteiger partial charge >= 0.3 is 6.36 Å². The topological polar surface area (TPSA) is 61.0 Å². The van der Waals surface area contributed by atoms with Crippen molar-refractivity contribution >= 4 is 5.82 Å². The Labute approximate surface area is 119 Å². The van der Waals surface area contributed by atoms with Crippen molar-refractivity contribution in [2.75, 3.05) is 5.73 Å². The molecular formula is C14H14F3N3O. The minimum atomic E-state index is -4.76. The number of para-hydroxylation sites is 1. The Bertz CT molecular complexity index is 629. The summed E-state index contributed by atoms with van der Waals surface area (Å²) in [6.07, 6.45) is -3.36. The number of nitrogen functional groups attached to an aromatic ring is 1. The van der Waals surface area contributed by atoms with E-state index in [9.17, 15) is 13.2 Å². The Hall–Kier alpha value is -2.31. The molecule has 0 unspecified atom stereocenters. The highest BCUT2D eigenvalue weighted by atomic mass is 19.4. The molecule has 0 bridgehead atoms. The number of aryl methyl sites for hydroxylation is 1. The molecule has 2 N–H and O–H groups in total. The maximum absolute atomic E-state index is 12.4. The second-order valence-corrected chi connectivity index (χ2v) is 4.39. The van der Waals surface area contributed by atoms with Gasteiger partial charge in [-0.15, -0.1) is 13.2 Å². The Morgan fingerprint density at radius 2 is 1.90 bits per heavy atom. The highest BCUT2D eigenvalue weighted by Gasteiger charge is 2.32. The molecule has 0 atom stereocenters. The molecule has 112 valence electrons. The number of anilines is 1. The summed E-state index contributed by atoms with van der Waals surface area (Å²) in [4.78, 5) is 8.30. The first-order valence-electron chi connectivity index (χ1n) is 6.37. The Kier molecular flexibility index (Phi) is 4.30. The fourth-order valence-electron chi connectivity index (χ4n) is 1.88. The number of alkyl halides is 3. The predicted molar refractivity (Wildman–Crippen MR) is 72.6 cm³/mol. The van der Waals surface area contributed by atoms with E-state index in [0.717, 1.165) is 6.42 Å². The number of ether oxygens (including phenoxy) is 1. The lowest BCUT2D eigenvalue weighted by Crippen LogP contribution is -2.17. The predicted octanol–water partition coefficient (Wildman–Crippen LogP) is 3.58. The Morgan fingerprint density at radius 3 is 2.57 bits per heavy atom. The number of benzene rings is 1. The standard InChI is InChI=1S/C14H14F3N3O/c1-2-5-13-19-10(8-12(18)20-13)9-6-3-4-7-11(9)21-14(15,16)17/h3-4,6-8H,2,5H2,1H3,(H2,18,19,20). The average molecular weight is 297 g/mol. The molecule has 2 aromatic rings. The molecule has 0 aliphatic rings. The number of aromatic nitrogens is 2. The van der Waals surface area contributed by atoms with E-state index in [-0.39, 0.29) is 17.1 Å². The zero-order valence-corrected chi connectivity index (χ0v) is 11.3. The SMILES string of the molecule is CCCc1nc(N)cc(-c2ccccc2OC(F)(F)F)n1. The third kappa shape index (κ3) is 4.08. The van der Waals surface area contributed by atoms with E-state index in [1.165, 1.54) is 24.3 Å². The number of hydrogen-bond acceptors (Lipinski definition) is 4. The molecule has 0 spiro atoms. The summed E-state index contributed by atoms with van der Waals surface area (Å²) in [5.41, 5.74) is 6.22. The van der Waals surface area contributed by atoms with Gasteiger partial charge in [-0.2, -0.15) is 0 Å². The summed E-state index contributed by atoms with van der Waals surface area (Å²) < 4.78 is 41.3.